The van der Waals surface area contributed by atoms with Crippen molar-refractivity contribution in [1.82, 2.24) is 0 Å². The van der Waals surface area contributed by atoms with Gasteiger partial charge in [0.25, 0.3) is 11.8 Å². The second kappa shape index (κ2) is 11.0. The maximum atomic E-state index is 12.7. The lowest BCUT2D eigenvalue weighted by Gasteiger charge is -2.10. The van der Waals surface area contributed by atoms with Gasteiger partial charge in [-0.2, -0.15) is 0 Å². The molecule has 34 heavy (non-hydrogen) atoms. The molecular weight excluding hydrogens is 424 g/mol. The summed E-state index contributed by atoms with van der Waals surface area (Å²) in [7, 11) is 0. The van der Waals surface area contributed by atoms with Crippen LogP contribution >= 0.6 is 0 Å². The van der Waals surface area contributed by atoms with E-state index < -0.39 is 0 Å². The zero-order valence-corrected chi connectivity index (χ0v) is 19.0. The molecule has 4 rings (SSSR count). The Balaban J connectivity index is 1.32. The molecule has 0 heterocycles. The number of benzene rings is 4. The second-order valence-corrected chi connectivity index (χ2v) is 7.91. The maximum Gasteiger partial charge on any atom is 0.255 e. The molecule has 0 saturated heterocycles. The fourth-order valence-corrected chi connectivity index (χ4v) is 3.52. The molecule has 0 saturated carbocycles. The normalized spacial score (nSPS) is 10.4. The van der Waals surface area contributed by atoms with E-state index in [1.807, 2.05) is 49.4 Å². The van der Waals surface area contributed by atoms with E-state index in [1.165, 1.54) is 5.56 Å². The first-order chi connectivity index (χ1) is 16.6. The Morgan fingerprint density at radius 1 is 0.706 bits per heavy atom. The predicted octanol–water partition coefficient (Wildman–Crippen LogP) is 6.12. The van der Waals surface area contributed by atoms with Crippen LogP contribution in [0.5, 0.6) is 5.75 Å². The lowest BCUT2D eigenvalue weighted by atomic mass is 10.1. The molecule has 4 aromatic rings. The Kier molecular flexibility index (Phi) is 7.35. The highest BCUT2D eigenvalue weighted by atomic mass is 16.5. The maximum absolute atomic E-state index is 12.7. The second-order valence-electron chi connectivity index (χ2n) is 7.91. The summed E-state index contributed by atoms with van der Waals surface area (Å²) in [6, 6.07) is 31.7. The summed E-state index contributed by atoms with van der Waals surface area (Å²) in [6.07, 6.45) is 0.796. The van der Waals surface area contributed by atoms with Crippen molar-refractivity contribution in [2.45, 2.75) is 13.3 Å². The van der Waals surface area contributed by atoms with Crippen molar-refractivity contribution in [3.63, 3.8) is 0 Å². The van der Waals surface area contributed by atoms with Gasteiger partial charge in [-0.15, -0.1) is 0 Å². The summed E-state index contributed by atoms with van der Waals surface area (Å²) >= 11 is 0. The number of carbonyl (C=O) groups excluding carboxylic acids is 2. The van der Waals surface area contributed by atoms with Gasteiger partial charge in [0.2, 0.25) is 0 Å². The molecule has 0 unspecified atom stereocenters. The highest BCUT2D eigenvalue weighted by Crippen LogP contribution is 2.19. The molecule has 5 heteroatoms. The van der Waals surface area contributed by atoms with Crippen LogP contribution < -0.4 is 15.4 Å². The average Bonchev–Trinajstić information content (AvgIpc) is 2.86. The van der Waals surface area contributed by atoms with Gasteiger partial charge in [0.05, 0.1) is 6.61 Å². The van der Waals surface area contributed by atoms with Crippen molar-refractivity contribution < 1.29 is 14.3 Å². The summed E-state index contributed by atoms with van der Waals surface area (Å²) in [6.45, 7) is 2.43. The molecule has 0 spiro atoms. The van der Waals surface area contributed by atoms with Crippen molar-refractivity contribution in [3.8, 4) is 5.75 Å². The van der Waals surface area contributed by atoms with E-state index in [2.05, 4.69) is 22.8 Å². The van der Waals surface area contributed by atoms with Crippen LogP contribution in [-0.2, 0) is 6.42 Å². The van der Waals surface area contributed by atoms with Crippen LogP contribution in [-0.4, -0.2) is 18.4 Å². The molecule has 0 aromatic heterocycles. The molecule has 170 valence electrons. The van der Waals surface area contributed by atoms with E-state index >= 15 is 0 Å². The van der Waals surface area contributed by atoms with Gasteiger partial charge in [-0.3, -0.25) is 9.59 Å². The van der Waals surface area contributed by atoms with Gasteiger partial charge in [0.1, 0.15) is 5.75 Å². The largest absolute Gasteiger partial charge is 0.493 e. The Labute approximate surface area is 199 Å². The number of aryl methyl sites for hydroxylation is 1. The fraction of sp³-hybridized carbons (Fsp3) is 0.103. The summed E-state index contributed by atoms with van der Waals surface area (Å²) in [5.41, 5.74) is 4.54. The van der Waals surface area contributed by atoms with Crippen molar-refractivity contribution in [2.24, 2.45) is 0 Å². The Bertz CT molecular complexity index is 1270. The molecule has 0 atom stereocenters. The van der Waals surface area contributed by atoms with Crippen LogP contribution in [0.15, 0.2) is 103 Å². The summed E-state index contributed by atoms with van der Waals surface area (Å²) < 4.78 is 5.83. The molecule has 0 bridgehead atoms. The van der Waals surface area contributed by atoms with Gasteiger partial charge in [-0.05, 0) is 66.6 Å². The molecule has 2 amide bonds. The van der Waals surface area contributed by atoms with Crippen LogP contribution in [0, 0.1) is 6.92 Å². The number of carbonyl (C=O) groups is 2. The molecule has 0 aliphatic carbocycles. The molecule has 2 N–H and O–H groups in total. The van der Waals surface area contributed by atoms with E-state index in [-0.39, 0.29) is 11.8 Å². The third-order valence-corrected chi connectivity index (χ3v) is 5.39. The van der Waals surface area contributed by atoms with E-state index in [1.54, 1.807) is 48.5 Å². The van der Waals surface area contributed by atoms with Crippen molar-refractivity contribution >= 4 is 23.2 Å². The minimum atomic E-state index is -0.231. The van der Waals surface area contributed by atoms with Crippen LogP contribution in [0.1, 0.15) is 31.8 Å². The zero-order chi connectivity index (χ0) is 23.8. The molecule has 0 radical (unpaired) electrons. The number of anilines is 2. The third-order valence-electron chi connectivity index (χ3n) is 5.39. The van der Waals surface area contributed by atoms with Gasteiger partial charge in [-0.1, -0.05) is 54.6 Å². The monoisotopic (exact) mass is 450 g/mol. The summed E-state index contributed by atoms with van der Waals surface area (Å²) in [5, 5.41) is 5.76. The number of amides is 2. The van der Waals surface area contributed by atoms with Crippen molar-refractivity contribution in [2.75, 3.05) is 17.2 Å². The van der Waals surface area contributed by atoms with Gasteiger partial charge < -0.3 is 15.4 Å². The molecule has 5 nitrogen and oxygen atoms in total. The average molecular weight is 451 g/mol. The van der Waals surface area contributed by atoms with E-state index in [0.29, 0.717) is 34.9 Å². The van der Waals surface area contributed by atoms with Gasteiger partial charge in [0.15, 0.2) is 0 Å². The number of nitrogens with one attached hydrogen (secondary N) is 2. The summed E-state index contributed by atoms with van der Waals surface area (Å²) in [5.74, 6) is 0.252. The van der Waals surface area contributed by atoms with Crippen LogP contribution in [0.4, 0.5) is 11.4 Å². The topological polar surface area (TPSA) is 67.4 Å². The first-order valence-electron chi connectivity index (χ1n) is 11.1. The lowest BCUT2D eigenvalue weighted by Crippen LogP contribution is -2.14. The zero-order valence-electron chi connectivity index (χ0n) is 19.0. The molecule has 4 aromatic carbocycles. The Hall–Kier alpha value is -4.38. The first kappa shape index (κ1) is 22.8. The Morgan fingerprint density at radius 3 is 2.06 bits per heavy atom. The van der Waals surface area contributed by atoms with Gasteiger partial charge in [-0.25, -0.2) is 0 Å². The SMILES string of the molecule is Cc1ccccc1C(=O)Nc1ccc(NC(=O)c2cccc(OCCc3ccccc3)c2)cc1. The van der Waals surface area contributed by atoms with Crippen LogP contribution in [0.3, 0.4) is 0 Å². The van der Waals surface area contributed by atoms with E-state index in [0.717, 1.165) is 12.0 Å². The number of hydrogen-bond donors (Lipinski definition) is 2. The highest BCUT2D eigenvalue weighted by molar-refractivity contribution is 6.06. The Morgan fingerprint density at radius 2 is 1.35 bits per heavy atom. The highest BCUT2D eigenvalue weighted by Gasteiger charge is 2.10. The minimum Gasteiger partial charge on any atom is -0.493 e. The third kappa shape index (κ3) is 6.11. The predicted molar refractivity (Wildman–Crippen MR) is 136 cm³/mol. The number of rotatable bonds is 8. The minimum absolute atomic E-state index is 0.168. The smallest absolute Gasteiger partial charge is 0.255 e. The van der Waals surface area contributed by atoms with Crippen molar-refractivity contribution in [1.29, 1.82) is 0 Å². The first-order valence-corrected chi connectivity index (χ1v) is 11.1. The quantitative estimate of drug-likeness (QED) is 0.340. The molecule has 0 fully saturated rings. The van der Waals surface area contributed by atoms with Gasteiger partial charge in [0, 0.05) is 28.9 Å². The van der Waals surface area contributed by atoms with Crippen molar-refractivity contribution in [3.05, 3.63) is 125 Å². The number of hydrogen-bond acceptors (Lipinski definition) is 3. The van der Waals surface area contributed by atoms with Gasteiger partial charge >= 0.3 is 0 Å². The van der Waals surface area contributed by atoms with E-state index in [4.69, 9.17) is 4.74 Å². The van der Waals surface area contributed by atoms with Crippen LogP contribution in [0.25, 0.3) is 0 Å². The molecule has 0 aliphatic heterocycles. The lowest BCUT2D eigenvalue weighted by molar-refractivity contribution is 0.101. The van der Waals surface area contributed by atoms with E-state index in [9.17, 15) is 9.59 Å². The van der Waals surface area contributed by atoms with Crippen LogP contribution in [0.2, 0.25) is 0 Å². The standard InChI is InChI=1S/C29H26N2O3/c1-21-8-5-6-13-27(21)29(33)31-25-16-14-24(15-17-25)30-28(32)23-11-7-12-26(20-23)34-19-18-22-9-3-2-4-10-22/h2-17,20H,18-19H2,1H3,(H,30,32)(H,31,33). The number of ether oxygens (including phenoxy) is 1. The summed E-state index contributed by atoms with van der Waals surface area (Å²) in [4.78, 5) is 25.2. The molecular formula is C29H26N2O3. The fourth-order valence-electron chi connectivity index (χ4n) is 3.52. The molecule has 0 aliphatic rings.